The third-order valence-electron chi connectivity index (χ3n) is 3.78. The van der Waals surface area contributed by atoms with Crippen molar-refractivity contribution in [3.05, 3.63) is 52.3 Å². The van der Waals surface area contributed by atoms with Crippen LogP contribution in [0.15, 0.2) is 30.9 Å². The third kappa shape index (κ3) is 5.73. The quantitative estimate of drug-likeness (QED) is 0.476. The van der Waals surface area contributed by atoms with Gasteiger partial charge in [-0.3, -0.25) is 15.0 Å². The molecule has 0 bridgehead atoms. The van der Waals surface area contributed by atoms with Crippen molar-refractivity contribution >= 4 is 30.5 Å². The molecule has 2 rings (SSSR count). The fourth-order valence-electron chi connectivity index (χ4n) is 2.76. The summed E-state index contributed by atoms with van der Waals surface area (Å²) < 4.78 is 13.6. The van der Waals surface area contributed by atoms with Crippen LogP contribution in [0.3, 0.4) is 0 Å². The molecule has 0 amide bonds. The van der Waals surface area contributed by atoms with E-state index in [0.717, 1.165) is 38.7 Å². The molecule has 0 aromatic heterocycles. The summed E-state index contributed by atoms with van der Waals surface area (Å²) >= 11 is 0. The van der Waals surface area contributed by atoms with Crippen molar-refractivity contribution in [2.45, 2.75) is 18.9 Å². The van der Waals surface area contributed by atoms with Crippen molar-refractivity contribution in [3.8, 4) is 0 Å². The molecule has 1 heterocycles. The van der Waals surface area contributed by atoms with Crippen LogP contribution in [0.1, 0.15) is 24.4 Å². The minimum atomic E-state index is -0.436. The SMILES string of the molecule is C=CCC[C@H](c1cc(F)ccc1[N+](=O)[O-])N1CCNCC1.Cl.Cl. The molecule has 1 aliphatic rings. The maximum Gasteiger partial charge on any atom is 0.274 e. The molecule has 8 heteroatoms. The number of rotatable bonds is 6. The van der Waals surface area contributed by atoms with Crippen molar-refractivity contribution in [1.29, 1.82) is 0 Å². The number of nitro benzene ring substituents is 1. The summed E-state index contributed by atoms with van der Waals surface area (Å²) in [6, 6.07) is 3.55. The van der Waals surface area contributed by atoms with Gasteiger partial charge in [0.2, 0.25) is 0 Å². The molecule has 23 heavy (non-hydrogen) atoms. The van der Waals surface area contributed by atoms with Gasteiger partial charge < -0.3 is 5.32 Å². The Morgan fingerprint density at radius 3 is 2.61 bits per heavy atom. The lowest BCUT2D eigenvalue weighted by Crippen LogP contribution is -2.45. The topological polar surface area (TPSA) is 58.4 Å². The van der Waals surface area contributed by atoms with Gasteiger partial charge in [-0.1, -0.05) is 6.08 Å². The number of nitrogens with one attached hydrogen (secondary N) is 1. The van der Waals surface area contributed by atoms with Gasteiger partial charge in [0.25, 0.3) is 5.69 Å². The molecule has 1 fully saturated rings. The van der Waals surface area contributed by atoms with Crippen LogP contribution < -0.4 is 5.32 Å². The highest BCUT2D eigenvalue weighted by Gasteiger charge is 2.28. The zero-order valence-corrected chi connectivity index (χ0v) is 14.4. The number of benzene rings is 1. The Hall–Kier alpha value is -1.21. The molecule has 1 aromatic rings. The molecule has 1 aliphatic heterocycles. The maximum absolute atomic E-state index is 13.6. The number of hydrogen-bond donors (Lipinski definition) is 1. The van der Waals surface area contributed by atoms with E-state index in [1.165, 1.54) is 12.1 Å². The standard InChI is InChI=1S/C15H20FN3O2.2ClH/c1-2-3-4-14(18-9-7-17-8-10-18)13-11-12(16)5-6-15(13)19(20)21;;/h2,5-6,11,14,17H,1,3-4,7-10H2;2*1H/t14-;;/m1../s1. The van der Waals surface area contributed by atoms with Crippen molar-refractivity contribution in [3.63, 3.8) is 0 Å². The van der Waals surface area contributed by atoms with E-state index >= 15 is 0 Å². The Morgan fingerprint density at radius 1 is 1.39 bits per heavy atom. The van der Waals surface area contributed by atoms with Crippen LogP contribution >= 0.6 is 24.8 Å². The molecule has 0 saturated carbocycles. The molecule has 0 unspecified atom stereocenters. The van der Waals surface area contributed by atoms with E-state index < -0.39 is 10.7 Å². The molecule has 0 radical (unpaired) electrons. The second kappa shape index (κ2) is 10.5. The Kier molecular flexibility index (Phi) is 9.99. The summed E-state index contributed by atoms with van der Waals surface area (Å²) in [5.74, 6) is -0.436. The lowest BCUT2D eigenvalue weighted by molar-refractivity contribution is -0.386. The summed E-state index contributed by atoms with van der Waals surface area (Å²) in [5, 5.41) is 14.5. The number of allylic oxidation sites excluding steroid dienone is 1. The van der Waals surface area contributed by atoms with Crippen LogP contribution in [0.5, 0.6) is 0 Å². The van der Waals surface area contributed by atoms with E-state index in [9.17, 15) is 14.5 Å². The predicted octanol–water partition coefficient (Wildman–Crippen LogP) is 3.49. The second-order valence-corrected chi connectivity index (χ2v) is 5.13. The van der Waals surface area contributed by atoms with Gasteiger partial charge >= 0.3 is 0 Å². The lowest BCUT2D eigenvalue weighted by atomic mass is 9.97. The smallest absolute Gasteiger partial charge is 0.274 e. The van der Waals surface area contributed by atoms with Gasteiger partial charge in [-0.2, -0.15) is 0 Å². The highest BCUT2D eigenvalue weighted by atomic mass is 35.5. The summed E-state index contributed by atoms with van der Waals surface area (Å²) in [5.41, 5.74) is 0.452. The molecule has 1 saturated heterocycles. The van der Waals surface area contributed by atoms with E-state index in [4.69, 9.17) is 0 Å². The monoisotopic (exact) mass is 365 g/mol. The molecule has 0 aliphatic carbocycles. The van der Waals surface area contributed by atoms with Gasteiger partial charge in [0, 0.05) is 43.9 Å². The van der Waals surface area contributed by atoms with E-state index in [0.29, 0.717) is 12.0 Å². The molecular weight excluding hydrogens is 344 g/mol. The molecule has 0 spiro atoms. The minimum Gasteiger partial charge on any atom is -0.314 e. The average Bonchev–Trinajstić information content (AvgIpc) is 2.48. The molecule has 1 aromatic carbocycles. The van der Waals surface area contributed by atoms with Crippen LogP contribution in [-0.2, 0) is 0 Å². The summed E-state index contributed by atoms with van der Waals surface area (Å²) in [7, 11) is 0. The highest BCUT2D eigenvalue weighted by molar-refractivity contribution is 5.85. The van der Waals surface area contributed by atoms with Crippen LogP contribution in [-0.4, -0.2) is 36.0 Å². The van der Waals surface area contributed by atoms with Crippen LogP contribution in [0.4, 0.5) is 10.1 Å². The third-order valence-corrected chi connectivity index (χ3v) is 3.78. The lowest BCUT2D eigenvalue weighted by Gasteiger charge is -2.35. The van der Waals surface area contributed by atoms with Crippen molar-refractivity contribution < 1.29 is 9.31 Å². The van der Waals surface area contributed by atoms with E-state index in [1.54, 1.807) is 6.08 Å². The first-order valence-corrected chi connectivity index (χ1v) is 7.13. The van der Waals surface area contributed by atoms with Gasteiger partial charge in [0.15, 0.2) is 0 Å². The minimum absolute atomic E-state index is 0. The molecule has 5 nitrogen and oxygen atoms in total. The van der Waals surface area contributed by atoms with E-state index in [-0.39, 0.29) is 36.5 Å². The van der Waals surface area contributed by atoms with E-state index in [2.05, 4.69) is 16.8 Å². The zero-order chi connectivity index (χ0) is 15.2. The molecular formula is C15H22Cl2FN3O2. The normalized spacial score (nSPS) is 15.9. The maximum atomic E-state index is 13.6. The van der Waals surface area contributed by atoms with E-state index in [1.807, 2.05) is 0 Å². The summed E-state index contributed by atoms with van der Waals surface area (Å²) in [6.07, 6.45) is 3.23. The Morgan fingerprint density at radius 2 is 2.04 bits per heavy atom. The van der Waals surface area contributed by atoms with Gasteiger partial charge in [-0.25, -0.2) is 4.39 Å². The number of nitro groups is 1. The van der Waals surface area contributed by atoms with Gasteiger partial charge in [-0.15, -0.1) is 31.4 Å². The first-order valence-electron chi connectivity index (χ1n) is 7.13. The van der Waals surface area contributed by atoms with Gasteiger partial charge in [0.05, 0.1) is 4.92 Å². The largest absolute Gasteiger partial charge is 0.314 e. The van der Waals surface area contributed by atoms with Crippen LogP contribution in [0, 0.1) is 15.9 Å². The Bertz CT molecular complexity index is 525. The first-order chi connectivity index (χ1) is 10.1. The predicted molar refractivity (Wildman–Crippen MR) is 94.2 cm³/mol. The van der Waals surface area contributed by atoms with Crippen molar-refractivity contribution in [2.75, 3.05) is 26.2 Å². The summed E-state index contributed by atoms with van der Waals surface area (Å²) in [4.78, 5) is 13.0. The van der Waals surface area contributed by atoms with Gasteiger partial charge in [0.1, 0.15) is 5.82 Å². The number of hydrogen-bond acceptors (Lipinski definition) is 4. The van der Waals surface area contributed by atoms with Crippen LogP contribution in [0.2, 0.25) is 0 Å². The fourth-order valence-corrected chi connectivity index (χ4v) is 2.76. The number of nitrogens with zero attached hydrogens (tertiary/aromatic N) is 2. The van der Waals surface area contributed by atoms with Gasteiger partial charge in [-0.05, 0) is 25.0 Å². The Balaban J connectivity index is 0.00000242. The Labute approximate surface area is 147 Å². The molecule has 130 valence electrons. The highest BCUT2D eigenvalue weighted by Crippen LogP contribution is 2.33. The van der Waals surface area contributed by atoms with Crippen molar-refractivity contribution in [2.24, 2.45) is 0 Å². The summed E-state index contributed by atoms with van der Waals surface area (Å²) in [6.45, 7) is 6.99. The first kappa shape index (κ1) is 21.8. The molecule has 1 N–H and O–H groups in total. The number of piperazine rings is 1. The molecule has 1 atom stereocenters. The van der Waals surface area contributed by atoms with Crippen LogP contribution in [0.25, 0.3) is 0 Å². The fraction of sp³-hybridized carbons (Fsp3) is 0.467. The second-order valence-electron chi connectivity index (χ2n) is 5.13. The average molecular weight is 366 g/mol. The zero-order valence-electron chi connectivity index (χ0n) is 12.7. The number of halogens is 3. The van der Waals surface area contributed by atoms with Crippen molar-refractivity contribution in [1.82, 2.24) is 10.2 Å².